The van der Waals surface area contributed by atoms with E-state index >= 15 is 0 Å². The van der Waals surface area contributed by atoms with E-state index in [2.05, 4.69) is 5.10 Å². The molecule has 2 amide bonds. The highest BCUT2D eigenvalue weighted by Crippen LogP contribution is 2.19. The number of piperazine rings is 1. The molecule has 0 spiro atoms. The molecule has 1 fully saturated rings. The second kappa shape index (κ2) is 9.05. The highest BCUT2D eigenvalue weighted by molar-refractivity contribution is 7.92. The Morgan fingerprint density at radius 3 is 2.25 bits per heavy atom. The molecule has 0 radical (unpaired) electrons. The minimum Gasteiger partial charge on any atom is -0.339 e. The number of benzene rings is 1. The highest BCUT2D eigenvalue weighted by Gasteiger charge is 2.27. The van der Waals surface area contributed by atoms with E-state index < -0.39 is 15.1 Å². The lowest BCUT2D eigenvalue weighted by Gasteiger charge is -2.34. The van der Waals surface area contributed by atoms with Gasteiger partial charge in [0.05, 0.1) is 16.6 Å². The van der Waals surface area contributed by atoms with E-state index in [4.69, 9.17) is 0 Å². The molecule has 2 aromatic rings. The zero-order chi connectivity index (χ0) is 22.9. The number of carbonyl (C=O) groups is 2. The van der Waals surface area contributed by atoms with Gasteiger partial charge >= 0.3 is 0 Å². The molecule has 1 saturated heterocycles. The number of amides is 2. The van der Waals surface area contributed by atoms with Gasteiger partial charge in [-0.15, -0.1) is 0 Å². The minimum atomic E-state index is -3.32. The summed E-state index contributed by atoms with van der Waals surface area (Å²) in [5.41, 5.74) is 2.40. The zero-order valence-electron chi connectivity index (χ0n) is 18.7. The molecule has 0 saturated carbocycles. The van der Waals surface area contributed by atoms with Crippen molar-refractivity contribution in [3.63, 3.8) is 0 Å². The van der Waals surface area contributed by atoms with Gasteiger partial charge in [0, 0.05) is 38.4 Å². The van der Waals surface area contributed by atoms with Crippen LogP contribution in [0.1, 0.15) is 48.4 Å². The first-order chi connectivity index (χ1) is 15.3. The SMILES string of the molecule is CC(C)S(=O)(=O)c1ccc(CC(=O)N2CCN(C(=O)c3cc4n(n3)CCCC4)CC2)cc1. The molecule has 0 atom stereocenters. The van der Waals surface area contributed by atoms with Gasteiger partial charge in [-0.25, -0.2) is 8.42 Å². The van der Waals surface area contributed by atoms with Crippen LogP contribution < -0.4 is 0 Å². The maximum Gasteiger partial charge on any atom is 0.274 e. The van der Waals surface area contributed by atoms with Gasteiger partial charge in [-0.1, -0.05) is 12.1 Å². The van der Waals surface area contributed by atoms with E-state index in [1.165, 1.54) is 0 Å². The fraction of sp³-hybridized carbons (Fsp3) is 0.522. The quantitative estimate of drug-likeness (QED) is 0.683. The highest BCUT2D eigenvalue weighted by atomic mass is 32.2. The van der Waals surface area contributed by atoms with Crippen molar-refractivity contribution in [3.05, 3.63) is 47.3 Å². The third-order valence-electron chi connectivity index (χ3n) is 6.28. The zero-order valence-corrected chi connectivity index (χ0v) is 19.5. The fourth-order valence-electron chi connectivity index (χ4n) is 4.20. The average molecular weight is 459 g/mol. The Kier molecular flexibility index (Phi) is 6.37. The Morgan fingerprint density at radius 1 is 0.969 bits per heavy atom. The summed E-state index contributed by atoms with van der Waals surface area (Å²) >= 11 is 0. The predicted octanol–water partition coefficient (Wildman–Crippen LogP) is 1.93. The molecule has 4 rings (SSSR count). The van der Waals surface area contributed by atoms with E-state index in [0.717, 1.165) is 37.1 Å². The summed E-state index contributed by atoms with van der Waals surface area (Å²) in [5.74, 6) is -0.0880. The van der Waals surface area contributed by atoms with Crippen LogP contribution in [0.2, 0.25) is 0 Å². The van der Waals surface area contributed by atoms with Crippen LogP contribution in [0.25, 0.3) is 0 Å². The van der Waals surface area contributed by atoms with Crippen molar-refractivity contribution in [3.8, 4) is 0 Å². The summed E-state index contributed by atoms with van der Waals surface area (Å²) < 4.78 is 26.4. The Hall–Kier alpha value is -2.68. The molecule has 0 aliphatic carbocycles. The molecule has 3 heterocycles. The molecular weight excluding hydrogens is 428 g/mol. The number of sulfone groups is 1. The number of nitrogens with zero attached hydrogens (tertiary/aromatic N) is 4. The normalized spacial score (nSPS) is 16.8. The molecule has 2 aliphatic heterocycles. The van der Waals surface area contributed by atoms with Crippen LogP contribution in [-0.4, -0.2) is 71.2 Å². The fourth-order valence-corrected chi connectivity index (χ4v) is 5.26. The second-order valence-corrected chi connectivity index (χ2v) is 11.3. The Bertz CT molecular complexity index is 1070. The van der Waals surface area contributed by atoms with Crippen LogP contribution in [0, 0.1) is 0 Å². The molecule has 2 aliphatic rings. The molecule has 9 heteroatoms. The van der Waals surface area contributed by atoms with Gasteiger partial charge in [0.25, 0.3) is 5.91 Å². The maximum atomic E-state index is 12.8. The predicted molar refractivity (Wildman–Crippen MR) is 120 cm³/mol. The summed E-state index contributed by atoms with van der Waals surface area (Å²) in [6.45, 7) is 6.11. The van der Waals surface area contributed by atoms with Gasteiger partial charge in [-0.3, -0.25) is 14.3 Å². The Labute approximate surface area is 189 Å². The summed E-state index contributed by atoms with van der Waals surface area (Å²) in [4.78, 5) is 29.4. The van der Waals surface area contributed by atoms with Gasteiger partial charge in [0.1, 0.15) is 0 Å². The van der Waals surface area contributed by atoms with Gasteiger partial charge < -0.3 is 9.80 Å². The van der Waals surface area contributed by atoms with Crippen molar-refractivity contribution in [2.75, 3.05) is 26.2 Å². The van der Waals surface area contributed by atoms with Gasteiger partial charge in [-0.2, -0.15) is 5.10 Å². The third kappa shape index (κ3) is 4.57. The molecule has 0 N–H and O–H groups in total. The van der Waals surface area contributed by atoms with Gasteiger partial charge in [0.2, 0.25) is 5.91 Å². The molecule has 0 unspecified atom stereocenters. The van der Waals surface area contributed by atoms with Crippen molar-refractivity contribution in [2.24, 2.45) is 0 Å². The summed E-state index contributed by atoms with van der Waals surface area (Å²) in [6.07, 6.45) is 3.41. The lowest BCUT2D eigenvalue weighted by atomic mass is 10.1. The molecule has 172 valence electrons. The van der Waals surface area contributed by atoms with Gasteiger partial charge in [0.15, 0.2) is 15.5 Å². The number of hydrogen-bond acceptors (Lipinski definition) is 5. The van der Waals surface area contributed by atoms with E-state index in [1.54, 1.807) is 47.9 Å². The number of aromatic nitrogens is 2. The monoisotopic (exact) mass is 458 g/mol. The molecule has 0 bridgehead atoms. The van der Waals surface area contributed by atoms with Crippen LogP contribution in [0.5, 0.6) is 0 Å². The first kappa shape index (κ1) is 22.5. The molecule has 8 nitrogen and oxygen atoms in total. The van der Waals surface area contributed by atoms with E-state index in [-0.39, 0.29) is 23.1 Å². The molecule has 32 heavy (non-hydrogen) atoms. The van der Waals surface area contributed by atoms with Crippen LogP contribution in [0.3, 0.4) is 0 Å². The number of aryl methyl sites for hydroxylation is 2. The maximum absolute atomic E-state index is 12.8. The van der Waals surface area contributed by atoms with Crippen molar-refractivity contribution >= 4 is 21.7 Å². The first-order valence-corrected chi connectivity index (χ1v) is 12.8. The smallest absolute Gasteiger partial charge is 0.274 e. The van der Waals surface area contributed by atoms with Crippen LogP contribution in [0.15, 0.2) is 35.2 Å². The van der Waals surface area contributed by atoms with E-state index in [1.807, 2.05) is 10.7 Å². The minimum absolute atomic E-state index is 0.0194. The third-order valence-corrected chi connectivity index (χ3v) is 8.45. The number of carbonyl (C=O) groups excluding carboxylic acids is 2. The standard InChI is InChI=1S/C23H30N4O4S/c1-17(2)32(30,31)20-8-6-18(7-9-20)15-22(28)25-11-13-26(14-12-25)23(29)21-16-19-5-3-4-10-27(19)24-21/h6-9,16-17H,3-5,10-15H2,1-2H3. The van der Waals surface area contributed by atoms with Crippen molar-refractivity contribution in [2.45, 2.75) is 56.2 Å². The van der Waals surface area contributed by atoms with Crippen molar-refractivity contribution in [1.29, 1.82) is 0 Å². The first-order valence-electron chi connectivity index (χ1n) is 11.2. The number of hydrogen-bond donors (Lipinski definition) is 0. The molecule has 1 aromatic carbocycles. The van der Waals surface area contributed by atoms with Gasteiger partial charge in [-0.05, 0) is 56.9 Å². The summed E-state index contributed by atoms with van der Waals surface area (Å²) in [5, 5.41) is 3.99. The van der Waals surface area contributed by atoms with Crippen molar-refractivity contribution < 1.29 is 18.0 Å². The molecule has 1 aromatic heterocycles. The lowest BCUT2D eigenvalue weighted by Crippen LogP contribution is -2.51. The Balaban J connectivity index is 1.31. The average Bonchev–Trinajstić information content (AvgIpc) is 3.23. The van der Waals surface area contributed by atoms with Crippen LogP contribution in [-0.2, 0) is 34.0 Å². The van der Waals surface area contributed by atoms with Crippen LogP contribution >= 0.6 is 0 Å². The molecular formula is C23H30N4O4S. The summed E-state index contributed by atoms with van der Waals surface area (Å²) in [6, 6.07) is 8.45. The van der Waals surface area contributed by atoms with Crippen molar-refractivity contribution in [1.82, 2.24) is 19.6 Å². The number of fused-ring (bicyclic) bond motifs is 1. The second-order valence-electron chi connectivity index (χ2n) is 8.79. The number of rotatable bonds is 5. The largest absolute Gasteiger partial charge is 0.339 e. The lowest BCUT2D eigenvalue weighted by molar-refractivity contribution is -0.131. The van der Waals surface area contributed by atoms with Crippen LogP contribution in [0.4, 0.5) is 0 Å². The Morgan fingerprint density at radius 2 is 1.62 bits per heavy atom. The summed E-state index contributed by atoms with van der Waals surface area (Å²) in [7, 11) is -3.32. The van der Waals surface area contributed by atoms with E-state index in [9.17, 15) is 18.0 Å². The van der Waals surface area contributed by atoms with E-state index in [0.29, 0.717) is 31.9 Å². The topological polar surface area (TPSA) is 92.6 Å².